The third kappa shape index (κ3) is 7.01. The van der Waals surface area contributed by atoms with E-state index in [9.17, 15) is 0 Å². The van der Waals surface area contributed by atoms with Gasteiger partial charge in [0.05, 0.1) is 24.9 Å². The van der Waals surface area contributed by atoms with Crippen LogP contribution in [0.1, 0.15) is 29.5 Å². The van der Waals surface area contributed by atoms with Crippen molar-refractivity contribution in [3.8, 4) is 0 Å². The Hall–Kier alpha value is -0.950. The van der Waals surface area contributed by atoms with E-state index < -0.39 is 0 Å². The Morgan fingerprint density at radius 3 is 2.71 bits per heavy atom. The minimum atomic E-state index is 0. The van der Waals surface area contributed by atoms with Crippen molar-refractivity contribution in [1.82, 2.24) is 20.5 Å². The third-order valence-corrected chi connectivity index (χ3v) is 7.56. The minimum absolute atomic E-state index is 0. The average molecular weight is 577 g/mol. The van der Waals surface area contributed by atoms with Gasteiger partial charge in [-0.05, 0) is 24.3 Å². The van der Waals surface area contributed by atoms with Crippen molar-refractivity contribution >= 4 is 57.7 Å². The van der Waals surface area contributed by atoms with Crippen molar-refractivity contribution in [2.24, 2.45) is 4.99 Å². The maximum absolute atomic E-state index is 5.54. The zero-order chi connectivity index (χ0) is 20.6. The zero-order valence-corrected chi connectivity index (χ0v) is 22.1. The molecule has 0 radical (unpaired) electrons. The second kappa shape index (κ2) is 12.9. The lowest BCUT2D eigenvalue weighted by atomic mass is 10.2. The van der Waals surface area contributed by atoms with Crippen molar-refractivity contribution in [3.63, 3.8) is 0 Å². The van der Waals surface area contributed by atoms with Gasteiger partial charge in [-0.25, -0.2) is 4.98 Å². The van der Waals surface area contributed by atoms with Gasteiger partial charge >= 0.3 is 0 Å². The van der Waals surface area contributed by atoms with Gasteiger partial charge in [0, 0.05) is 63.0 Å². The predicted molar refractivity (Wildman–Crippen MR) is 141 cm³/mol. The van der Waals surface area contributed by atoms with Crippen LogP contribution in [-0.4, -0.2) is 75.4 Å². The molecule has 0 aromatic carbocycles. The van der Waals surface area contributed by atoms with Gasteiger partial charge in [-0.15, -0.1) is 46.7 Å². The van der Waals surface area contributed by atoms with Gasteiger partial charge in [-0.1, -0.05) is 6.07 Å². The molecule has 4 rings (SSSR count). The summed E-state index contributed by atoms with van der Waals surface area (Å²) < 4.78 is 5.54. The lowest BCUT2D eigenvalue weighted by Gasteiger charge is -2.34. The number of thiophene rings is 1. The van der Waals surface area contributed by atoms with E-state index in [0.29, 0.717) is 6.04 Å². The quantitative estimate of drug-likeness (QED) is 0.286. The molecular weight excluding hydrogens is 543 g/mol. The number of guanidine groups is 1. The summed E-state index contributed by atoms with van der Waals surface area (Å²) in [6.07, 6.45) is 3.48. The van der Waals surface area contributed by atoms with E-state index >= 15 is 0 Å². The fourth-order valence-electron chi connectivity index (χ4n) is 3.97. The van der Waals surface area contributed by atoms with Crippen LogP contribution >= 0.6 is 46.7 Å². The molecule has 0 spiro atoms. The van der Waals surface area contributed by atoms with Crippen LogP contribution in [0.4, 0.5) is 5.13 Å². The maximum atomic E-state index is 5.54. The SMILES string of the molecule is CN=C(NCCc1csc(N2CCCC2)n1)NCC(c1cccs1)N1CCOCC1.I. The second-order valence-electron chi connectivity index (χ2n) is 7.63. The highest BCUT2D eigenvalue weighted by Gasteiger charge is 2.23. The van der Waals surface area contributed by atoms with Gasteiger partial charge in [-0.3, -0.25) is 9.89 Å². The summed E-state index contributed by atoms with van der Waals surface area (Å²) in [5, 5.41) is 12.5. The van der Waals surface area contributed by atoms with Gasteiger partial charge in [0.1, 0.15) is 0 Å². The number of nitrogens with zero attached hydrogens (tertiary/aromatic N) is 4. The number of morpholine rings is 1. The smallest absolute Gasteiger partial charge is 0.191 e. The lowest BCUT2D eigenvalue weighted by Crippen LogP contribution is -2.46. The Morgan fingerprint density at radius 2 is 2.00 bits per heavy atom. The third-order valence-electron chi connectivity index (χ3n) is 5.63. The first kappa shape index (κ1) is 24.7. The Balaban J connectivity index is 0.00000272. The van der Waals surface area contributed by atoms with Crippen molar-refractivity contribution in [2.75, 3.05) is 64.4 Å². The fourth-order valence-corrected chi connectivity index (χ4v) is 5.74. The Morgan fingerprint density at radius 1 is 1.19 bits per heavy atom. The Labute approximate surface area is 210 Å². The number of hydrogen-bond acceptors (Lipinski definition) is 7. The van der Waals surface area contributed by atoms with Crippen LogP contribution in [0.15, 0.2) is 27.9 Å². The number of aromatic nitrogens is 1. The summed E-state index contributed by atoms with van der Waals surface area (Å²) in [4.78, 5) is 15.5. The van der Waals surface area contributed by atoms with Gasteiger partial charge in [-0.2, -0.15) is 0 Å². The number of anilines is 1. The molecule has 0 saturated carbocycles. The minimum Gasteiger partial charge on any atom is -0.379 e. The van der Waals surface area contributed by atoms with E-state index in [1.807, 2.05) is 18.4 Å². The first-order chi connectivity index (χ1) is 14.8. The number of rotatable bonds is 8. The molecule has 2 aliphatic rings. The first-order valence-electron chi connectivity index (χ1n) is 10.8. The lowest BCUT2D eigenvalue weighted by molar-refractivity contribution is 0.0177. The molecule has 10 heteroatoms. The molecule has 0 aliphatic carbocycles. The Kier molecular flexibility index (Phi) is 10.3. The van der Waals surface area contributed by atoms with Gasteiger partial charge in [0.15, 0.2) is 11.1 Å². The number of ether oxygens (including phenoxy) is 1. The summed E-state index contributed by atoms with van der Waals surface area (Å²) in [6, 6.07) is 4.70. The first-order valence-corrected chi connectivity index (χ1v) is 12.6. The highest BCUT2D eigenvalue weighted by Crippen LogP contribution is 2.26. The molecule has 2 saturated heterocycles. The monoisotopic (exact) mass is 576 g/mol. The number of thiazole rings is 1. The van der Waals surface area contributed by atoms with Gasteiger partial charge in [0.2, 0.25) is 0 Å². The normalized spacial score (nSPS) is 18.6. The average Bonchev–Trinajstić information content (AvgIpc) is 3.56. The number of hydrogen-bond donors (Lipinski definition) is 2. The van der Waals surface area contributed by atoms with Crippen LogP contribution in [-0.2, 0) is 11.2 Å². The summed E-state index contributed by atoms with van der Waals surface area (Å²) in [5.41, 5.74) is 1.16. The number of halogens is 1. The Bertz CT molecular complexity index is 788. The van der Waals surface area contributed by atoms with Crippen LogP contribution in [0, 0.1) is 0 Å². The molecule has 4 heterocycles. The van der Waals surface area contributed by atoms with Crippen molar-refractivity contribution in [1.29, 1.82) is 0 Å². The molecule has 2 aromatic rings. The van der Waals surface area contributed by atoms with Crippen molar-refractivity contribution in [2.45, 2.75) is 25.3 Å². The van der Waals surface area contributed by atoms with Crippen LogP contribution in [0.2, 0.25) is 0 Å². The molecule has 7 nitrogen and oxygen atoms in total. The van der Waals surface area contributed by atoms with Crippen molar-refractivity contribution < 1.29 is 4.74 Å². The van der Waals surface area contributed by atoms with Gasteiger partial charge < -0.3 is 20.3 Å². The molecule has 31 heavy (non-hydrogen) atoms. The summed E-state index contributed by atoms with van der Waals surface area (Å²) >= 11 is 3.58. The topological polar surface area (TPSA) is 65.0 Å². The molecular formula is C21H33IN6OS2. The molecule has 2 fully saturated rings. The highest BCUT2D eigenvalue weighted by atomic mass is 127. The molecule has 172 valence electrons. The van der Waals surface area contributed by atoms with Crippen LogP contribution in [0.5, 0.6) is 0 Å². The van der Waals surface area contributed by atoms with E-state index in [0.717, 1.165) is 70.6 Å². The van der Waals surface area contributed by atoms with E-state index in [4.69, 9.17) is 9.72 Å². The van der Waals surface area contributed by atoms with Crippen LogP contribution in [0.25, 0.3) is 0 Å². The van der Waals surface area contributed by atoms with E-state index in [-0.39, 0.29) is 24.0 Å². The number of aliphatic imine (C=N–C) groups is 1. The van der Waals surface area contributed by atoms with Gasteiger partial charge in [0.25, 0.3) is 0 Å². The van der Waals surface area contributed by atoms with E-state index in [1.165, 1.54) is 22.9 Å². The number of nitrogens with one attached hydrogen (secondary N) is 2. The highest BCUT2D eigenvalue weighted by molar-refractivity contribution is 14.0. The zero-order valence-electron chi connectivity index (χ0n) is 18.1. The summed E-state index contributed by atoms with van der Waals surface area (Å²) in [7, 11) is 1.83. The molecule has 1 unspecified atom stereocenters. The largest absolute Gasteiger partial charge is 0.379 e. The van der Waals surface area contributed by atoms with Crippen LogP contribution < -0.4 is 15.5 Å². The van der Waals surface area contributed by atoms with E-state index in [1.54, 1.807) is 11.3 Å². The second-order valence-corrected chi connectivity index (χ2v) is 9.44. The molecule has 0 amide bonds. The molecule has 2 aliphatic heterocycles. The predicted octanol–water partition coefficient (Wildman–Crippen LogP) is 3.20. The summed E-state index contributed by atoms with van der Waals surface area (Å²) in [5.74, 6) is 0.847. The molecule has 0 bridgehead atoms. The maximum Gasteiger partial charge on any atom is 0.191 e. The van der Waals surface area contributed by atoms with E-state index in [2.05, 4.69) is 48.3 Å². The molecule has 2 N–H and O–H groups in total. The standard InChI is InChI=1S/C21H32N6OS2.HI/c1-22-20(23-7-6-17-16-30-21(25-17)27-8-2-3-9-27)24-15-18(19-5-4-14-29-19)26-10-12-28-13-11-26;/h4-5,14,16,18H,2-3,6-13,15H2,1H3,(H2,22,23,24);1H. The van der Waals surface area contributed by atoms with Crippen LogP contribution in [0.3, 0.4) is 0 Å². The fraction of sp³-hybridized carbons (Fsp3) is 0.619. The van der Waals surface area contributed by atoms with Crippen molar-refractivity contribution in [3.05, 3.63) is 33.5 Å². The molecule has 1 atom stereocenters. The molecule has 2 aromatic heterocycles. The summed E-state index contributed by atoms with van der Waals surface area (Å²) in [6.45, 7) is 7.51.